The number of halogens is 1. The van der Waals surface area contributed by atoms with E-state index in [0.717, 1.165) is 55.7 Å². The van der Waals surface area contributed by atoms with E-state index >= 15 is 0 Å². The minimum atomic E-state index is -3.60. The Morgan fingerprint density at radius 1 is 1.00 bits per heavy atom. The molecule has 2 aliphatic heterocycles. The van der Waals surface area contributed by atoms with Crippen molar-refractivity contribution in [1.82, 2.24) is 14.5 Å². The fraction of sp³-hybridized carbons (Fsp3) is 0.367. The van der Waals surface area contributed by atoms with Gasteiger partial charge >= 0.3 is 6.03 Å². The van der Waals surface area contributed by atoms with Crippen molar-refractivity contribution in [1.29, 1.82) is 0 Å². The Kier molecular flexibility index (Phi) is 8.57. The van der Waals surface area contributed by atoms with E-state index in [1.807, 2.05) is 53.4 Å². The van der Waals surface area contributed by atoms with E-state index in [1.165, 1.54) is 4.31 Å². The Hall–Kier alpha value is -2.91. The lowest BCUT2D eigenvalue weighted by molar-refractivity contribution is 0.195. The van der Waals surface area contributed by atoms with Crippen LogP contribution < -0.4 is 10.2 Å². The number of rotatable bonds is 9. The van der Waals surface area contributed by atoms with Crippen LogP contribution in [0.15, 0.2) is 83.8 Å². The lowest BCUT2D eigenvalue weighted by atomic mass is 9.94. The van der Waals surface area contributed by atoms with Crippen molar-refractivity contribution in [2.75, 3.05) is 38.1 Å². The summed E-state index contributed by atoms with van der Waals surface area (Å²) < 4.78 is 27.9. The van der Waals surface area contributed by atoms with E-state index in [2.05, 4.69) is 16.3 Å². The van der Waals surface area contributed by atoms with Gasteiger partial charge in [-0.1, -0.05) is 60.1 Å². The molecule has 1 saturated heterocycles. The molecule has 5 rings (SSSR count). The summed E-state index contributed by atoms with van der Waals surface area (Å²) in [5.41, 5.74) is 3.20. The van der Waals surface area contributed by atoms with Crippen molar-refractivity contribution < 1.29 is 13.2 Å². The number of nitrogens with zero attached hydrogens (tertiary/aromatic N) is 3. The Morgan fingerprint density at radius 3 is 2.46 bits per heavy atom. The van der Waals surface area contributed by atoms with Gasteiger partial charge < -0.3 is 10.2 Å². The van der Waals surface area contributed by atoms with E-state index in [4.69, 9.17) is 11.6 Å². The van der Waals surface area contributed by atoms with Gasteiger partial charge in [0.15, 0.2) is 0 Å². The summed E-state index contributed by atoms with van der Waals surface area (Å²) in [6.07, 6.45) is 2.59. The Morgan fingerprint density at radius 2 is 1.72 bits per heavy atom. The molecular formula is C30H35ClN4O3S. The number of hydrogen-bond acceptors (Lipinski definition) is 4. The molecule has 1 unspecified atom stereocenters. The third kappa shape index (κ3) is 6.30. The highest BCUT2D eigenvalue weighted by Gasteiger charge is 2.33. The molecule has 2 amide bonds. The molecule has 0 spiro atoms. The highest BCUT2D eigenvalue weighted by molar-refractivity contribution is 7.89. The van der Waals surface area contributed by atoms with Gasteiger partial charge in [0.1, 0.15) is 0 Å². The average molecular weight is 567 g/mol. The van der Waals surface area contributed by atoms with Crippen LogP contribution in [0.2, 0.25) is 5.02 Å². The number of carbonyl (C=O) groups excluding carboxylic acids is 1. The minimum Gasteiger partial charge on any atom is -0.334 e. The number of hydrogen-bond donors (Lipinski definition) is 1. The predicted molar refractivity (Wildman–Crippen MR) is 156 cm³/mol. The third-order valence-corrected chi connectivity index (χ3v) is 9.94. The highest BCUT2D eigenvalue weighted by atomic mass is 35.5. The van der Waals surface area contributed by atoms with Crippen LogP contribution in [-0.2, 0) is 16.6 Å². The van der Waals surface area contributed by atoms with Gasteiger partial charge in [0.25, 0.3) is 0 Å². The molecule has 1 atom stereocenters. The second kappa shape index (κ2) is 12.1. The number of benzene rings is 3. The molecular weight excluding hydrogens is 532 g/mol. The van der Waals surface area contributed by atoms with Crippen LogP contribution in [0.1, 0.15) is 36.3 Å². The van der Waals surface area contributed by atoms with Crippen molar-refractivity contribution in [2.24, 2.45) is 0 Å². The second-order valence-electron chi connectivity index (χ2n) is 10.4. The summed E-state index contributed by atoms with van der Waals surface area (Å²) in [5.74, 6) is -0.00957. The van der Waals surface area contributed by atoms with Gasteiger partial charge in [-0.05, 0) is 73.2 Å². The Balaban J connectivity index is 1.24. The molecule has 2 heterocycles. The molecule has 9 heteroatoms. The van der Waals surface area contributed by atoms with Gasteiger partial charge in [-0.3, -0.25) is 4.90 Å². The van der Waals surface area contributed by atoms with Crippen LogP contribution in [0.5, 0.6) is 0 Å². The number of carbonyl (C=O) groups is 1. The maximum absolute atomic E-state index is 13.2. The molecule has 2 aliphatic rings. The first-order valence-corrected chi connectivity index (χ1v) is 15.3. The van der Waals surface area contributed by atoms with Crippen LogP contribution in [0.3, 0.4) is 0 Å². The molecule has 1 fully saturated rings. The number of piperidine rings is 1. The maximum atomic E-state index is 13.2. The quantitative estimate of drug-likeness (QED) is 0.380. The van der Waals surface area contributed by atoms with E-state index in [1.54, 1.807) is 31.3 Å². The molecule has 0 aromatic heterocycles. The van der Waals surface area contributed by atoms with Crippen molar-refractivity contribution in [2.45, 2.75) is 42.7 Å². The molecule has 0 aliphatic carbocycles. The largest absolute Gasteiger partial charge is 0.334 e. The number of urea groups is 1. The molecule has 1 N–H and O–H groups in total. The lowest BCUT2D eigenvalue weighted by Gasteiger charge is -2.41. The number of fused-ring (bicyclic) bond motifs is 1. The summed E-state index contributed by atoms with van der Waals surface area (Å²) in [5, 5.41) is 3.66. The molecule has 206 valence electrons. The number of para-hydroxylation sites is 1. The zero-order valence-electron chi connectivity index (χ0n) is 22.2. The second-order valence-corrected chi connectivity index (χ2v) is 12.9. The average Bonchev–Trinajstić information content (AvgIpc) is 2.96. The van der Waals surface area contributed by atoms with E-state index in [-0.39, 0.29) is 18.0 Å². The molecule has 3 aromatic carbocycles. The highest BCUT2D eigenvalue weighted by Crippen LogP contribution is 2.31. The fourth-order valence-electron chi connectivity index (χ4n) is 5.67. The fourth-order valence-corrected chi connectivity index (χ4v) is 7.10. The van der Waals surface area contributed by atoms with Crippen LogP contribution in [0, 0.1) is 0 Å². The molecule has 0 saturated carbocycles. The molecule has 7 nitrogen and oxygen atoms in total. The normalized spacial score (nSPS) is 17.6. The maximum Gasteiger partial charge on any atom is 0.322 e. The Bertz CT molecular complexity index is 1390. The molecule has 0 radical (unpaired) electrons. The van der Waals surface area contributed by atoms with Gasteiger partial charge in [-0.25, -0.2) is 17.5 Å². The summed E-state index contributed by atoms with van der Waals surface area (Å²) in [7, 11) is -1.96. The molecule has 0 bridgehead atoms. The lowest BCUT2D eigenvalue weighted by Crippen LogP contribution is -2.53. The van der Waals surface area contributed by atoms with Gasteiger partial charge in [0.05, 0.1) is 10.6 Å². The zero-order valence-corrected chi connectivity index (χ0v) is 23.7. The van der Waals surface area contributed by atoms with Crippen LogP contribution >= 0.6 is 11.6 Å². The van der Waals surface area contributed by atoms with Crippen LogP contribution in [-0.4, -0.2) is 62.9 Å². The van der Waals surface area contributed by atoms with Crippen molar-refractivity contribution in [3.8, 4) is 0 Å². The van der Waals surface area contributed by atoms with Crippen molar-refractivity contribution in [3.05, 3.63) is 95.0 Å². The van der Waals surface area contributed by atoms with Crippen LogP contribution in [0.4, 0.5) is 10.5 Å². The molecule has 3 aromatic rings. The number of anilines is 1. The van der Waals surface area contributed by atoms with Gasteiger partial charge in [0, 0.05) is 44.3 Å². The number of likely N-dealkylation sites (N-methyl/N-ethyl adjacent to an activating group) is 1. The zero-order chi connectivity index (χ0) is 27.4. The summed E-state index contributed by atoms with van der Waals surface area (Å²) in [6.45, 7) is 3.54. The van der Waals surface area contributed by atoms with E-state index < -0.39 is 10.0 Å². The first-order chi connectivity index (χ1) is 18.8. The summed E-state index contributed by atoms with van der Waals surface area (Å²) >= 11 is 6.32. The van der Waals surface area contributed by atoms with Crippen molar-refractivity contribution >= 4 is 33.3 Å². The summed E-state index contributed by atoms with van der Waals surface area (Å²) in [4.78, 5) is 17.4. The van der Waals surface area contributed by atoms with Crippen molar-refractivity contribution in [3.63, 3.8) is 0 Å². The number of likely N-dealkylation sites (tertiary alicyclic amines) is 1. The smallest absolute Gasteiger partial charge is 0.322 e. The first-order valence-electron chi connectivity index (χ1n) is 13.5. The van der Waals surface area contributed by atoms with Gasteiger partial charge in [-0.2, -0.15) is 0 Å². The third-order valence-electron chi connectivity index (χ3n) is 7.87. The van der Waals surface area contributed by atoms with Gasteiger partial charge in [0.2, 0.25) is 10.0 Å². The van der Waals surface area contributed by atoms with E-state index in [0.29, 0.717) is 23.0 Å². The van der Waals surface area contributed by atoms with Crippen LogP contribution in [0.25, 0.3) is 0 Å². The van der Waals surface area contributed by atoms with Gasteiger partial charge in [-0.15, -0.1) is 0 Å². The molecule has 39 heavy (non-hydrogen) atoms. The SMILES string of the molecule is CN(CC(CCN1CCC(N2C(=O)NCc3ccccc32)CC1)c1cccc(Cl)c1)S(=O)(=O)c1ccccc1. The monoisotopic (exact) mass is 566 g/mol. The number of nitrogens with one attached hydrogen (secondary N) is 1. The topological polar surface area (TPSA) is 73.0 Å². The summed E-state index contributed by atoms with van der Waals surface area (Å²) in [6, 6.07) is 24.5. The standard InChI is InChI=1S/C30H35ClN4O3S/c1-33(39(37,38)28-11-3-2-4-12-28)22-25(23-9-7-10-26(31)20-23)14-17-34-18-15-27(16-19-34)35-29-13-6-5-8-24(29)21-32-30(35)36/h2-13,20,25,27H,14-19,21-22H2,1H3,(H,32,36). The van der Waals surface area contributed by atoms with E-state index in [9.17, 15) is 13.2 Å². The number of sulfonamides is 1. The number of amides is 2. The minimum absolute atomic E-state index is 0.00957. The Labute approximate surface area is 236 Å². The first kappa shape index (κ1) is 27.6. The predicted octanol–water partition coefficient (Wildman–Crippen LogP) is 5.33.